The summed E-state index contributed by atoms with van der Waals surface area (Å²) < 4.78 is 39.9. The lowest BCUT2D eigenvalue weighted by atomic mass is 9.80. The molecule has 1 nitrogen and oxygen atoms in total. The normalized spacial score (nSPS) is 25.1. The predicted octanol–water partition coefficient (Wildman–Crippen LogP) is 3.00. The SMILES string of the molecule is CC1CC[C@H](N)c2c(F)c(F)cc(F)c21. The Balaban J connectivity index is 2.71. The van der Waals surface area contributed by atoms with Gasteiger partial charge in [0.05, 0.1) is 0 Å². The van der Waals surface area contributed by atoms with E-state index < -0.39 is 23.5 Å². The Morgan fingerprint density at radius 1 is 1.13 bits per heavy atom. The zero-order valence-corrected chi connectivity index (χ0v) is 8.36. The fourth-order valence-corrected chi connectivity index (χ4v) is 2.21. The van der Waals surface area contributed by atoms with E-state index in [1.165, 1.54) is 0 Å². The van der Waals surface area contributed by atoms with Crippen molar-refractivity contribution < 1.29 is 13.2 Å². The molecule has 0 aliphatic heterocycles. The number of hydrogen-bond acceptors (Lipinski definition) is 1. The van der Waals surface area contributed by atoms with Gasteiger partial charge < -0.3 is 5.73 Å². The van der Waals surface area contributed by atoms with Gasteiger partial charge in [-0.3, -0.25) is 0 Å². The topological polar surface area (TPSA) is 26.0 Å². The monoisotopic (exact) mass is 215 g/mol. The van der Waals surface area contributed by atoms with Crippen molar-refractivity contribution in [1.29, 1.82) is 0 Å². The summed E-state index contributed by atoms with van der Waals surface area (Å²) in [5.74, 6) is -2.94. The van der Waals surface area contributed by atoms with E-state index in [1.807, 2.05) is 0 Å². The first-order valence-electron chi connectivity index (χ1n) is 4.95. The maximum Gasteiger partial charge on any atom is 0.164 e. The molecule has 0 heterocycles. The highest BCUT2D eigenvalue weighted by molar-refractivity contribution is 5.37. The van der Waals surface area contributed by atoms with Gasteiger partial charge in [-0.2, -0.15) is 0 Å². The Morgan fingerprint density at radius 3 is 2.47 bits per heavy atom. The number of benzene rings is 1. The van der Waals surface area contributed by atoms with Crippen LogP contribution in [0.25, 0.3) is 0 Å². The number of hydrogen-bond donors (Lipinski definition) is 1. The summed E-state index contributed by atoms with van der Waals surface area (Å²) in [6.07, 6.45) is 1.27. The summed E-state index contributed by atoms with van der Waals surface area (Å²) in [5.41, 5.74) is 5.94. The molecule has 0 fully saturated rings. The van der Waals surface area contributed by atoms with E-state index >= 15 is 0 Å². The third-order valence-corrected chi connectivity index (χ3v) is 3.02. The van der Waals surface area contributed by atoms with Crippen molar-refractivity contribution in [2.75, 3.05) is 0 Å². The van der Waals surface area contributed by atoms with Crippen LogP contribution in [0.5, 0.6) is 0 Å². The molecule has 2 atom stereocenters. The van der Waals surface area contributed by atoms with Crippen LogP contribution in [0.4, 0.5) is 13.2 Å². The maximum absolute atomic E-state index is 13.5. The summed E-state index contributed by atoms with van der Waals surface area (Å²) in [6, 6.07) is 0.00398. The molecule has 2 N–H and O–H groups in total. The minimum atomic E-state index is -1.16. The molecule has 1 aliphatic carbocycles. The van der Waals surface area contributed by atoms with E-state index in [0.717, 1.165) is 0 Å². The molecular weight excluding hydrogens is 203 g/mol. The summed E-state index contributed by atoms with van der Waals surface area (Å²) in [7, 11) is 0. The Hall–Kier alpha value is -1.03. The molecule has 1 aliphatic rings. The summed E-state index contributed by atoms with van der Waals surface area (Å²) in [5, 5.41) is 0. The van der Waals surface area contributed by atoms with E-state index in [1.54, 1.807) is 6.92 Å². The smallest absolute Gasteiger partial charge is 0.164 e. The molecule has 0 bridgehead atoms. The lowest BCUT2D eigenvalue weighted by molar-refractivity contribution is 0.424. The van der Waals surface area contributed by atoms with Crippen LogP contribution >= 0.6 is 0 Å². The van der Waals surface area contributed by atoms with Gasteiger partial charge >= 0.3 is 0 Å². The van der Waals surface area contributed by atoms with Gasteiger partial charge in [0.1, 0.15) is 5.82 Å². The van der Waals surface area contributed by atoms with Gasteiger partial charge in [0.2, 0.25) is 0 Å². The fourth-order valence-electron chi connectivity index (χ4n) is 2.21. The largest absolute Gasteiger partial charge is 0.324 e. The maximum atomic E-state index is 13.5. The van der Waals surface area contributed by atoms with Gasteiger partial charge in [0.15, 0.2) is 11.6 Å². The first-order valence-corrected chi connectivity index (χ1v) is 4.95. The molecule has 4 heteroatoms. The average molecular weight is 215 g/mol. The molecule has 0 aromatic heterocycles. The van der Waals surface area contributed by atoms with Crippen molar-refractivity contribution in [3.63, 3.8) is 0 Å². The lowest BCUT2D eigenvalue weighted by Crippen LogP contribution is -2.23. The number of rotatable bonds is 0. The molecule has 2 rings (SSSR count). The quantitative estimate of drug-likeness (QED) is 0.661. The van der Waals surface area contributed by atoms with Gasteiger partial charge in [-0.15, -0.1) is 0 Å². The van der Waals surface area contributed by atoms with Gasteiger partial charge in [-0.1, -0.05) is 6.92 Å². The minimum Gasteiger partial charge on any atom is -0.324 e. The van der Waals surface area contributed by atoms with Crippen LogP contribution in [0, 0.1) is 17.5 Å². The van der Waals surface area contributed by atoms with E-state index in [2.05, 4.69) is 0 Å². The molecule has 0 saturated carbocycles. The highest BCUT2D eigenvalue weighted by Crippen LogP contribution is 2.39. The van der Waals surface area contributed by atoms with Gasteiger partial charge in [0, 0.05) is 17.7 Å². The van der Waals surface area contributed by atoms with Gasteiger partial charge in [0.25, 0.3) is 0 Å². The molecule has 0 amide bonds. The highest BCUT2D eigenvalue weighted by Gasteiger charge is 2.30. The molecule has 1 aromatic rings. The van der Waals surface area contributed by atoms with E-state index in [4.69, 9.17) is 5.73 Å². The average Bonchev–Trinajstić information content (AvgIpc) is 2.18. The number of fused-ring (bicyclic) bond motifs is 1. The van der Waals surface area contributed by atoms with Crippen LogP contribution < -0.4 is 5.73 Å². The zero-order chi connectivity index (χ0) is 11.2. The molecule has 1 aromatic carbocycles. The molecule has 0 radical (unpaired) electrons. The van der Waals surface area contributed by atoms with Crippen LogP contribution in [0.1, 0.15) is 42.9 Å². The van der Waals surface area contributed by atoms with Crippen LogP contribution in [-0.2, 0) is 0 Å². The number of halogens is 3. The lowest BCUT2D eigenvalue weighted by Gasteiger charge is -2.28. The Kier molecular flexibility index (Phi) is 2.46. The molecule has 0 spiro atoms. The molecule has 82 valence electrons. The third-order valence-electron chi connectivity index (χ3n) is 3.02. The Bertz CT molecular complexity index is 403. The van der Waals surface area contributed by atoms with Gasteiger partial charge in [-0.05, 0) is 24.3 Å². The first-order chi connectivity index (χ1) is 7.02. The second kappa shape index (κ2) is 3.52. The van der Waals surface area contributed by atoms with Crippen LogP contribution in [0.3, 0.4) is 0 Å². The zero-order valence-electron chi connectivity index (χ0n) is 8.36. The predicted molar refractivity (Wildman–Crippen MR) is 50.9 cm³/mol. The fraction of sp³-hybridized carbons (Fsp3) is 0.455. The van der Waals surface area contributed by atoms with E-state index in [9.17, 15) is 13.2 Å². The molecule has 1 unspecified atom stereocenters. The van der Waals surface area contributed by atoms with E-state index in [0.29, 0.717) is 18.9 Å². The molecule has 0 saturated heterocycles. The number of nitrogens with two attached hydrogens (primary N) is 1. The van der Waals surface area contributed by atoms with Crippen LogP contribution in [0.15, 0.2) is 6.07 Å². The summed E-state index contributed by atoms with van der Waals surface area (Å²) in [6.45, 7) is 1.80. The van der Waals surface area contributed by atoms with Crippen LogP contribution in [-0.4, -0.2) is 0 Å². The summed E-state index contributed by atoms with van der Waals surface area (Å²) >= 11 is 0. The minimum absolute atomic E-state index is 0.0197. The second-order valence-electron chi connectivity index (χ2n) is 4.07. The Labute approximate surface area is 86.1 Å². The molecular formula is C11H12F3N. The standard InChI is InChI=1S/C11H12F3N/c1-5-2-3-8(15)10-9(5)6(12)4-7(13)11(10)14/h4-5,8H,2-3,15H2,1H3/t5?,8-/m0/s1. The van der Waals surface area contributed by atoms with E-state index in [-0.39, 0.29) is 17.0 Å². The van der Waals surface area contributed by atoms with Crippen molar-refractivity contribution in [2.24, 2.45) is 5.73 Å². The van der Waals surface area contributed by atoms with Crippen molar-refractivity contribution in [3.8, 4) is 0 Å². The molecule has 15 heavy (non-hydrogen) atoms. The van der Waals surface area contributed by atoms with Crippen molar-refractivity contribution >= 4 is 0 Å². The van der Waals surface area contributed by atoms with Crippen molar-refractivity contribution in [1.82, 2.24) is 0 Å². The third kappa shape index (κ3) is 1.53. The Morgan fingerprint density at radius 2 is 1.80 bits per heavy atom. The van der Waals surface area contributed by atoms with Gasteiger partial charge in [-0.25, -0.2) is 13.2 Å². The van der Waals surface area contributed by atoms with Crippen molar-refractivity contribution in [2.45, 2.75) is 31.7 Å². The van der Waals surface area contributed by atoms with Crippen molar-refractivity contribution in [3.05, 3.63) is 34.6 Å². The second-order valence-corrected chi connectivity index (χ2v) is 4.07. The van der Waals surface area contributed by atoms with Crippen LogP contribution in [0.2, 0.25) is 0 Å². The first kappa shape index (κ1) is 10.5. The highest BCUT2D eigenvalue weighted by atomic mass is 19.2. The summed E-state index contributed by atoms with van der Waals surface area (Å²) in [4.78, 5) is 0.